The molecule has 0 fully saturated rings. The standard InChI is InChI=1S/C10H23N2O/c1-9(2)11-6-7-12(4,5)8-10(3)13/h9,11H,6-8H2,1-5H3/q+1. The molecule has 1 N–H and O–H groups in total. The molecule has 0 heterocycles. The highest BCUT2D eigenvalue weighted by molar-refractivity contribution is 5.76. The van der Waals surface area contributed by atoms with E-state index in [2.05, 4.69) is 33.3 Å². The SMILES string of the molecule is CC(=O)C[N+](C)(C)CCNC(C)C. The topological polar surface area (TPSA) is 29.1 Å². The van der Waals surface area contributed by atoms with Crippen LogP contribution in [0.3, 0.4) is 0 Å². The molecule has 0 aromatic rings. The molecule has 0 saturated heterocycles. The van der Waals surface area contributed by atoms with Crippen LogP contribution in [-0.4, -0.2) is 50.0 Å². The zero-order valence-electron chi connectivity index (χ0n) is 9.55. The van der Waals surface area contributed by atoms with E-state index in [1.54, 1.807) is 6.92 Å². The fourth-order valence-corrected chi connectivity index (χ4v) is 1.34. The molecule has 0 aromatic heterocycles. The summed E-state index contributed by atoms with van der Waals surface area (Å²) in [6.45, 7) is 8.50. The lowest BCUT2D eigenvalue weighted by Crippen LogP contribution is -2.47. The summed E-state index contributed by atoms with van der Waals surface area (Å²) in [6.07, 6.45) is 0. The lowest BCUT2D eigenvalue weighted by molar-refractivity contribution is -0.881. The summed E-state index contributed by atoms with van der Waals surface area (Å²) in [4.78, 5) is 10.9. The molecule has 0 radical (unpaired) electrons. The predicted octanol–water partition coefficient (Wildman–Crippen LogP) is 0.650. The van der Waals surface area contributed by atoms with Gasteiger partial charge in [-0.2, -0.15) is 0 Å². The third-order valence-corrected chi connectivity index (χ3v) is 1.92. The third-order valence-electron chi connectivity index (χ3n) is 1.92. The third kappa shape index (κ3) is 7.94. The number of quaternary nitrogens is 1. The highest BCUT2D eigenvalue weighted by atomic mass is 16.1. The summed E-state index contributed by atoms with van der Waals surface area (Å²) < 4.78 is 0.773. The number of rotatable bonds is 6. The molecular weight excluding hydrogens is 164 g/mol. The fraction of sp³-hybridized carbons (Fsp3) is 0.900. The second kappa shape index (κ2) is 5.35. The van der Waals surface area contributed by atoms with Crippen molar-refractivity contribution >= 4 is 5.78 Å². The molecule has 13 heavy (non-hydrogen) atoms. The van der Waals surface area contributed by atoms with Gasteiger partial charge in [0.1, 0.15) is 6.54 Å². The Morgan fingerprint density at radius 3 is 2.31 bits per heavy atom. The Balaban J connectivity index is 3.69. The minimum absolute atomic E-state index is 0.259. The molecule has 78 valence electrons. The normalized spacial score (nSPS) is 12.2. The molecule has 0 aliphatic carbocycles. The zero-order chi connectivity index (χ0) is 10.5. The maximum atomic E-state index is 10.9. The molecule has 3 nitrogen and oxygen atoms in total. The Morgan fingerprint density at radius 2 is 1.92 bits per heavy atom. The number of hydrogen-bond acceptors (Lipinski definition) is 2. The number of nitrogens with one attached hydrogen (secondary N) is 1. The van der Waals surface area contributed by atoms with Crippen LogP contribution in [-0.2, 0) is 4.79 Å². The molecule has 0 rings (SSSR count). The number of likely N-dealkylation sites (N-methyl/N-ethyl adjacent to an activating group) is 1. The number of nitrogens with zero attached hydrogens (tertiary/aromatic N) is 1. The van der Waals surface area contributed by atoms with Gasteiger partial charge in [-0.05, 0) is 0 Å². The van der Waals surface area contributed by atoms with Crippen molar-refractivity contribution in [1.82, 2.24) is 5.32 Å². The van der Waals surface area contributed by atoms with Gasteiger partial charge < -0.3 is 9.80 Å². The van der Waals surface area contributed by atoms with Crippen LogP contribution in [0.5, 0.6) is 0 Å². The highest BCUT2D eigenvalue weighted by Gasteiger charge is 2.16. The van der Waals surface area contributed by atoms with Gasteiger partial charge >= 0.3 is 0 Å². The molecule has 0 aromatic carbocycles. The quantitative estimate of drug-likeness (QED) is 0.619. The Kier molecular flexibility index (Phi) is 5.18. The summed E-state index contributed by atoms with van der Waals surface area (Å²) >= 11 is 0. The predicted molar refractivity (Wildman–Crippen MR) is 55.7 cm³/mol. The van der Waals surface area contributed by atoms with E-state index in [1.165, 1.54) is 0 Å². The van der Waals surface area contributed by atoms with Gasteiger partial charge in [0.25, 0.3) is 0 Å². The van der Waals surface area contributed by atoms with Crippen LogP contribution in [0.15, 0.2) is 0 Å². The lowest BCUT2D eigenvalue weighted by Gasteiger charge is -2.29. The average molecular weight is 187 g/mol. The van der Waals surface area contributed by atoms with Crippen LogP contribution in [0.2, 0.25) is 0 Å². The van der Waals surface area contributed by atoms with E-state index >= 15 is 0 Å². The van der Waals surface area contributed by atoms with Crippen LogP contribution in [0.25, 0.3) is 0 Å². The van der Waals surface area contributed by atoms with Crippen molar-refractivity contribution in [2.24, 2.45) is 0 Å². The number of carbonyl (C=O) groups excluding carboxylic acids is 1. The van der Waals surface area contributed by atoms with Gasteiger partial charge in [-0.3, -0.25) is 4.79 Å². The molecule has 0 saturated carbocycles. The van der Waals surface area contributed by atoms with Crippen LogP contribution in [0.1, 0.15) is 20.8 Å². The van der Waals surface area contributed by atoms with E-state index in [-0.39, 0.29) is 5.78 Å². The van der Waals surface area contributed by atoms with Crippen molar-refractivity contribution in [3.8, 4) is 0 Å². The first-order valence-electron chi connectivity index (χ1n) is 4.88. The summed E-state index contributed by atoms with van der Waals surface area (Å²) in [5.74, 6) is 0.259. The van der Waals surface area contributed by atoms with Crippen molar-refractivity contribution < 1.29 is 9.28 Å². The van der Waals surface area contributed by atoms with Crippen LogP contribution in [0.4, 0.5) is 0 Å². The molecule has 3 heteroatoms. The first kappa shape index (κ1) is 12.6. The second-order valence-electron chi connectivity index (χ2n) is 4.63. The largest absolute Gasteiger partial charge is 0.321 e. The minimum Gasteiger partial charge on any atom is -0.321 e. The van der Waals surface area contributed by atoms with Crippen LogP contribution < -0.4 is 5.32 Å². The van der Waals surface area contributed by atoms with Crippen molar-refractivity contribution in [2.75, 3.05) is 33.7 Å². The van der Waals surface area contributed by atoms with Crippen molar-refractivity contribution in [3.05, 3.63) is 0 Å². The summed E-state index contributed by atoms with van der Waals surface area (Å²) in [7, 11) is 4.17. The molecule has 0 amide bonds. The van der Waals surface area contributed by atoms with Gasteiger partial charge in [0.05, 0.1) is 20.6 Å². The summed E-state index contributed by atoms with van der Waals surface area (Å²) in [6, 6.07) is 0.525. The monoisotopic (exact) mass is 187 g/mol. The number of Topliss-reactive ketones (excluding diaryl/α,β-unsaturated/α-hetero) is 1. The van der Waals surface area contributed by atoms with E-state index in [9.17, 15) is 4.79 Å². The zero-order valence-corrected chi connectivity index (χ0v) is 9.55. The van der Waals surface area contributed by atoms with Gasteiger partial charge in [-0.25, -0.2) is 0 Å². The fourth-order valence-electron chi connectivity index (χ4n) is 1.34. The van der Waals surface area contributed by atoms with E-state index in [1.807, 2.05) is 0 Å². The van der Waals surface area contributed by atoms with Gasteiger partial charge in [0, 0.05) is 19.5 Å². The Bertz CT molecular complexity index is 164. The van der Waals surface area contributed by atoms with E-state index in [0.717, 1.165) is 17.6 Å². The molecule has 0 unspecified atom stereocenters. The van der Waals surface area contributed by atoms with Gasteiger partial charge in [0.15, 0.2) is 5.78 Å². The van der Waals surface area contributed by atoms with Gasteiger partial charge in [-0.1, -0.05) is 13.8 Å². The summed E-state index contributed by atoms with van der Waals surface area (Å²) in [5, 5.41) is 3.35. The van der Waals surface area contributed by atoms with Crippen molar-refractivity contribution in [3.63, 3.8) is 0 Å². The average Bonchev–Trinajstić information content (AvgIpc) is 1.81. The lowest BCUT2D eigenvalue weighted by atomic mass is 10.3. The molecular formula is C10H23N2O+. The molecule has 0 aliphatic rings. The van der Waals surface area contributed by atoms with E-state index in [4.69, 9.17) is 0 Å². The minimum atomic E-state index is 0.259. The molecule has 0 aliphatic heterocycles. The van der Waals surface area contributed by atoms with E-state index < -0.39 is 0 Å². The smallest absolute Gasteiger partial charge is 0.183 e. The number of hydrogen-bond donors (Lipinski definition) is 1. The number of carbonyl (C=O) groups is 1. The Labute approximate surface area is 81.7 Å². The summed E-state index contributed by atoms with van der Waals surface area (Å²) in [5.41, 5.74) is 0. The maximum absolute atomic E-state index is 10.9. The highest BCUT2D eigenvalue weighted by Crippen LogP contribution is 1.95. The first-order chi connectivity index (χ1) is 5.83. The van der Waals surface area contributed by atoms with Crippen LogP contribution in [0, 0.1) is 0 Å². The maximum Gasteiger partial charge on any atom is 0.183 e. The van der Waals surface area contributed by atoms with Crippen molar-refractivity contribution in [2.45, 2.75) is 26.8 Å². The van der Waals surface area contributed by atoms with E-state index in [0.29, 0.717) is 12.6 Å². The second-order valence-corrected chi connectivity index (χ2v) is 4.63. The van der Waals surface area contributed by atoms with Gasteiger partial charge in [-0.15, -0.1) is 0 Å². The van der Waals surface area contributed by atoms with Crippen molar-refractivity contribution in [1.29, 1.82) is 0 Å². The Morgan fingerprint density at radius 1 is 1.38 bits per heavy atom. The first-order valence-corrected chi connectivity index (χ1v) is 4.88. The van der Waals surface area contributed by atoms with Crippen LogP contribution >= 0.6 is 0 Å². The Hall–Kier alpha value is -0.410. The molecule has 0 atom stereocenters. The number of ketones is 1. The molecule has 0 spiro atoms. The van der Waals surface area contributed by atoms with Gasteiger partial charge in [0.2, 0.25) is 0 Å². The molecule has 0 bridgehead atoms.